The minimum absolute atomic E-state index is 0.00256. The lowest BCUT2D eigenvalue weighted by Crippen LogP contribution is -2.49. The maximum atomic E-state index is 5.80. The molecule has 0 aliphatic carbocycles. The highest BCUT2D eigenvalue weighted by Crippen LogP contribution is 2.34. The Morgan fingerprint density at radius 1 is 1.26 bits per heavy atom. The highest BCUT2D eigenvalue weighted by molar-refractivity contribution is 7.09. The zero-order chi connectivity index (χ0) is 13.5. The van der Waals surface area contributed by atoms with Gasteiger partial charge in [-0.1, -0.05) is 20.8 Å². The van der Waals surface area contributed by atoms with E-state index in [2.05, 4.69) is 35.0 Å². The van der Waals surface area contributed by atoms with E-state index in [9.17, 15) is 0 Å². The predicted octanol–water partition coefficient (Wildman–Crippen LogP) is 2.18. The van der Waals surface area contributed by atoms with E-state index in [1.54, 1.807) is 0 Å². The van der Waals surface area contributed by atoms with Gasteiger partial charge in [0, 0.05) is 29.9 Å². The number of rotatable bonds is 1. The molecule has 0 bridgehead atoms. The van der Waals surface area contributed by atoms with Crippen LogP contribution in [0.4, 0.5) is 5.13 Å². The van der Waals surface area contributed by atoms with Crippen molar-refractivity contribution in [1.29, 1.82) is 0 Å². The predicted molar refractivity (Wildman–Crippen MR) is 74.7 cm³/mol. The van der Waals surface area contributed by atoms with Crippen LogP contribution in [0.15, 0.2) is 0 Å². The van der Waals surface area contributed by atoms with Crippen LogP contribution < -0.4 is 4.90 Å². The van der Waals surface area contributed by atoms with Crippen LogP contribution in [0, 0.1) is 0 Å². The van der Waals surface area contributed by atoms with Crippen LogP contribution in [-0.4, -0.2) is 41.4 Å². The van der Waals surface area contributed by atoms with E-state index in [1.165, 1.54) is 11.5 Å². The van der Waals surface area contributed by atoms with Crippen LogP contribution in [0.2, 0.25) is 0 Å². The fraction of sp³-hybridized carbons (Fsp3) is 0.846. The van der Waals surface area contributed by atoms with Crippen molar-refractivity contribution in [3.05, 3.63) is 5.82 Å². The average Bonchev–Trinajstić information content (AvgIpc) is 2.98. The number of ether oxygens (including phenoxy) is 2. The molecule has 1 aromatic heterocycles. The molecule has 1 spiro atoms. The molecule has 5 nitrogen and oxygen atoms in total. The van der Waals surface area contributed by atoms with Gasteiger partial charge in [0.15, 0.2) is 5.79 Å². The first-order valence-electron chi connectivity index (χ1n) is 6.86. The molecule has 3 heterocycles. The zero-order valence-corrected chi connectivity index (χ0v) is 12.6. The Morgan fingerprint density at radius 2 is 2.00 bits per heavy atom. The van der Waals surface area contributed by atoms with Crippen LogP contribution >= 0.6 is 11.5 Å². The van der Waals surface area contributed by atoms with E-state index in [0.29, 0.717) is 13.2 Å². The number of anilines is 1. The Morgan fingerprint density at radius 3 is 2.63 bits per heavy atom. The lowest BCUT2D eigenvalue weighted by atomic mass is 9.96. The molecule has 0 unspecified atom stereocenters. The third kappa shape index (κ3) is 2.61. The van der Waals surface area contributed by atoms with Gasteiger partial charge in [0.25, 0.3) is 0 Å². The molecule has 0 atom stereocenters. The number of nitrogens with zero attached hydrogens (tertiary/aromatic N) is 3. The smallest absolute Gasteiger partial charge is 0.205 e. The lowest BCUT2D eigenvalue weighted by molar-refractivity contribution is -0.161. The molecule has 0 amide bonds. The minimum atomic E-state index is -0.397. The molecule has 19 heavy (non-hydrogen) atoms. The van der Waals surface area contributed by atoms with Crippen molar-refractivity contribution < 1.29 is 9.47 Å². The van der Waals surface area contributed by atoms with E-state index in [1.807, 2.05) is 0 Å². The van der Waals surface area contributed by atoms with Crippen molar-refractivity contribution in [3.8, 4) is 0 Å². The molecule has 2 aliphatic heterocycles. The van der Waals surface area contributed by atoms with Crippen molar-refractivity contribution >= 4 is 16.7 Å². The molecule has 106 valence electrons. The highest BCUT2D eigenvalue weighted by Gasteiger charge is 2.41. The largest absolute Gasteiger partial charge is 0.346 e. The van der Waals surface area contributed by atoms with Crippen LogP contribution in [0.1, 0.15) is 39.4 Å². The second-order valence-electron chi connectivity index (χ2n) is 6.28. The molecule has 2 aliphatic rings. The van der Waals surface area contributed by atoms with Gasteiger partial charge in [0.1, 0.15) is 5.82 Å². The van der Waals surface area contributed by atoms with Gasteiger partial charge in [0.2, 0.25) is 5.13 Å². The standard InChI is InChI=1S/C13H21N3O2S/c1-12(2,3)10-14-11(19-15-10)16-6-4-5-13(9-16)17-7-8-18-13/h4-9H2,1-3H3. The van der Waals surface area contributed by atoms with Crippen molar-refractivity contribution in [2.24, 2.45) is 0 Å². The average molecular weight is 283 g/mol. The van der Waals surface area contributed by atoms with Gasteiger partial charge in [-0.25, -0.2) is 4.98 Å². The van der Waals surface area contributed by atoms with Gasteiger partial charge in [0.05, 0.1) is 19.8 Å². The summed E-state index contributed by atoms with van der Waals surface area (Å²) in [5, 5.41) is 0.989. The van der Waals surface area contributed by atoms with Gasteiger partial charge in [-0.2, -0.15) is 4.37 Å². The number of piperidine rings is 1. The molecule has 2 fully saturated rings. The molecule has 3 rings (SSSR count). The van der Waals surface area contributed by atoms with Crippen molar-refractivity contribution in [2.45, 2.75) is 44.8 Å². The Hall–Kier alpha value is -0.720. The Balaban J connectivity index is 1.76. The summed E-state index contributed by atoms with van der Waals surface area (Å²) in [6.07, 6.45) is 2.05. The first-order valence-corrected chi connectivity index (χ1v) is 7.63. The van der Waals surface area contributed by atoms with Crippen LogP contribution in [0.3, 0.4) is 0 Å². The molecule has 0 saturated carbocycles. The summed E-state index contributed by atoms with van der Waals surface area (Å²) in [7, 11) is 0. The Bertz CT molecular complexity index is 449. The second-order valence-corrected chi connectivity index (χ2v) is 7.01. The number of hydrogen-bond donors (Lipinski definition) is 0. The molecule has 6 heteroatoms. The van der Waals surface area contributed by atoms with Gasteiger partial charge in [-0.15, -0.1) is 0 Å². The van der Waals surface area contributed by atoms with E-state index >= 15 is 0 Å². The zero-order valence-electron chi connectivity index (χ0n) is 11.8. The van der Waals surface area contributed by atoms with Gasteiger partial charge < -0.3 is 14.4 Å². The lowest BCUT2D eigenvalue weighted by Gasteiger charge is -2.38. The van der Waals surface area contributed by atoms with E-state index in [4.69, 9.17) is 9.47 Å². The summed E-state index contributed by atoms with van der Waals surface area (Å²) in [4.78, 5) is 6.93. The third-order valence-corrected chi connectivity index (χ3v) is 4.36. The summed E-state index contributed by atoms with van der Waals surface area (Å²) in [5.74, 6) is 0.520. The summed E-state index contributed by atoms with van der Waals surface area (Å²) in [6, 6.07) is 0. The minimum Gasteiger partial charge on any atom is -0.346 e. The topological polar surface area (TPSA) is 47.5 Å². The quantitative estimate of drug-likeness (QED) is 0.790. The van der Waals surface area contributed by atoms with Crippen LogP contribution in [0.25, 0.3) is 0 Å². The molecule has 0 aromatic carbocycles. The monoisotopic (exact) mass is 283 g/mol. The maximum absolute atomic E-state index is 5.80. The van der Waals surface area contributed by atoms with E-state index < -0.39 is 5.79 Å². The number of aromatic nitrogens is 2. The van der Waals surface area contributed by atoms with Gasteiger partial charge in [-0.3, -0.25) is 0 Å². The van der Waals surface area contributed by atoms with Crippen molar-refractivity contribution in [1.82, 2.24) is 9.36 Å². The molecule has 2 saturated heterocycles. The summed E-state index contributed by atoms with van der Waals surface area (Å²) >= 11 is 1.48. The normalized spacial score (nSPS) is 23.2. The fourth-order valence-electron chi connectivity index (χ4n) is 2.53. The summed E-state index contributed by atoms with van der Waals surface area (Å²) in [5.41, 5.74) is 0.00256. The van der Waals surface area contributed by atoms with Crippen LogP contribution in [0.5, 0.6) is 0 Å². The van der Waals surface area contributed by atoms with Gasteiger partial charge in [-0.05, 0) is 6.42 Å². The van der Waals surface area contributed by atoms with Crippen LogP contribution in [-0.2, 0) is 14.9 Å². The molecular weight excluding hydrogens is 262 g/mol. The molecule has 1 aromatic rings. The third-order valence-electron chi connectivity index (χ3n) is 3.59. The van der Waals surface area contributed by atoms with Crippen molar-refractivity contribution in [2.75, 3.05) is 31.2 Å². The van der Waals surface area contributed by atoms with E-state index in [-0.39, 0.29) is 5.41 Å². The highest BCUT2D eigenvalue weighted by atomic mass is 32.1. The van der Waals surface area contributed by atoms with Crippen molar-refractivity contribution in [3.63, 3.8) is 0 Å². The number of hydrogen-bond acceptors (Lipinski definition) is 6. The summed E-state index contributed by atoms with van der Waals surface area (Å²) in [6.45, 7) is 9.60. The first kappa shape index (κ1) is 13.3. The molecule has 0 N–H and O–H groups in total. The van der Waals surface area contributed by atoms with Gasteiger partial charge >= 0.3 is 0 Å². The Kier molecular flexibility index (Phi) is 3.27. The first-order chi connectivity index (χ1) is 8.99. The second kappa shape index (κ2) is 4.68. The Labute approximate surface area is 118 Å². The molecular formula is C13H21N3O2S. The van der Waals surface area contributed by atoms with E-state index in [0.717, 1.165) is 36.9 Å². The summed E-state index contributed by atoms with van der Waals surface area (Å²) < 4.78 is 16.1. The fourth-order valence-corrected chi connectivity index (χ4v) is 3.41. The SMILES string of the molecule is CC(C)(C)c1nsc(N2CCCC3(C2)OCCO3)n1. The maximum Gasteiger partial charge on any atom is 0.205 e. The molecule has 0 radical (unpaired) electrons.